The van der Waals surface area contributed by atoms with Crippen LogP contribution in [0.15, 0.2) is 128 Å². The molecule has 0 aliphatic carbocycles. The van der Waals surface area contributed by atoms with E-state index in [-0.39, 0.29) is 43.8 Å². The van der Waals surface area contributed by atoms with Crippen LogP contribution in [0.5, 0.6) is 51.7 Å². The van der Waals surface area contributed by atoms with Crippen molar-refractivity contribution in [2.45, 2.75) is 23.9 Å². The maximum absolute atomic E-state index is 14.5. The van der Waals surface area contributed by atoms with E-state index >= 15 is 0 Å². The van der Waals surface area contributed by atoms with Gasteiger partial charge in [-0.15, -0.1) is 0 Å². The number of hydrogen-bond acceptors (Lipinski definition) is 12. The highest BCUT2D eigenvalue weighted by Gasteiger charge is 2.48. The number of nitrogens with zero attached hydrogens (tertiary/aromatic N) is 4. The standard InChI is InChI=1S/C53H40N4O10/c1-60-41-15-14-33(27-52(29-54)39-24-47-45(63-31-65-47)21-36(39)16-18-56(52)50(58)34-10-6-4-7-11-34)20-49(41)67-42-26-44(62-3)43(61-2)23-38(42)28-53(30-55)40-25-48-46(64-32-66-48)22-37(40)17-19-57(53)51(59)35-12-8-5-9-13-35/h4-26H,27-28,31-32H2,1-3H3. The van der Waals surface area contributed by atoms with Gasteiger partial charge >= 0.3 is 0 Å². The van der Waals surface area contributed by atoms with Crippen molar-refractivity contribution in [3.63, 3.8) is 0 Å². The largest absolute Gasteiger partial charge is 0.493 e. The molecule has 14 heteroatoms. The minimum absolute atomic E-state index is 0.00549. The van der Waals surface area contributed by atoms with E-state index in [0.29, 0.717) is 84.8 Å². The number of methoxy groups -OCH3 is 3. The van der Waals surface area contributed by atoms with Gasteiger partial charge < -0.3 is 37.9 Å². The van der Waals surface area contributed by atoms with Gasteiger partial charge in [0.15, 0.2) is 57.1 Å². The molecule has 0 radical (unpaired) electrons. The van der Waals surface area contributed by atoms with E-state index in [1.54, 1.807) is 116 Å². The maximum Gasteiger partial charge on any atom is 0.259 e. The van der Waals surface area contributed by atoms with Crippen LogP contribution < -0.4 is 37.9 Å². The van der Waals surface area contributed by atoms with Crippen LogP contribution in [-0.4, -0.2) is 56.5 Å². The molecule has 67 heavy (non-hydrogen) atoms. The van der Waals surface area contributed by atoms with Gasteiger partial charge in [0, 0.05) is 59.1 Å². The van der Waals surface area contributed by atoms with Crippen molar-refractivity contribution < 1.29 is 47.5 Å². The van der Waals surface area contributed by atoms with Gasteiger partial charge in [-0.2, -0.15) is 10.5 Å². The molecule has 0 N–H and O–H groups in total. The van der Waals surface area contributed by atoms with Crippen LogP contribution >= 0.6 is 0 Å². The summed E-state index contributed by atoms with van der Waals surface area (Å²) in [5.41, 5.74) is 1.01. The summed E-state index contributed by atoms with van der Waals surface area (Å²) in [6, 6.07) is 38.3. The molecule has 6 aromatic rings. The fraction of sp³-hybridized carbons (Fsp3) is 0.170. The number of nitriles is 2. The predicted octanol–water partition coefficient (Wildman–Crippen LogP) is 9.14. The lowest BCUT2D eigenvalue weighted by Crippen LogP contribution is -2.49. The van der Waals surface area contributed by atoms with Crippen molar-refractivity contribution in [2.24, 2.45) is 0 Å². The van der Waals surface area contributed by atoms with Crippen LogP contribution in [-0.2, 0) is 23.9 Å². The number of benzene rings is 6. The monoisotopic (exact) mass is 892 g/mol. The first-order valence-electron chi connectivity index (χ1n) is 21.2. The fourth-order valence-electron chi connectivity index (χ4n) is 9.06. The lowest BCUT2D eigenvalue weighted by molar-refractivity contribution is 0.0688. The van der Waals surface area contributed by atoms with E-state index in [0.717, 1.165) is 0 Å². The average Bonchev–Trinajstić information content (AvgIpc) is 4.05. The van der Waals surface area contributed by atoms with Crippen LogP contribution in [0.2, 0.25) is 0 Å². The van der Waals surface area contributed by atoms with E-state index in [4.69, 9.17) is 37.9 Å². The number of carbonyl (C=O) groups excluding carboxylic acids is 2. The Morgan fingerprint density at radius 3 is 1.52 bits per heavy atom. The van der Waals surface area contributed by atoms with Gasteiger partial charge in [0.05, 0.1) is 33.5 Å². The number of amides is 2. The van der Waals surface area contributed by atoms with Crippen LogP contribution in [0.25, 0.3) is 12.2 Å². The summed E-state index contributed by atoms with van der Waals surface area (Å²) in [6.45, 7) is 0.0327. The Hall–Kier alpha value is -8.88. The van der Waals surface area contributed by atoms with Crippen LogP contribution in [0.4, 0.5) is 0 Å². The molecule has 10 rings (SSSR count). The van der Waals surface area contributed by atoms with Crippen molar-refractivity contribution >= 4 is 24.0 Å². The Morgan fingerprint density at radius 1 is 0.552 bits per heavy atom. The average molecular weight is 893 g/mol. The Kier molecular flexibility index (Phi) is 10.6. The van der Waals surface area contributed by atoms with Gasteiger partial charge in [-0.1, -0.05) is 42.5 Å². The highest BCUT2D eigenvalue weighted by molar-refractivity contribution is 5.98. The highest BCUT2D eigenvalue weighted by atomic mass is 16.7. The zero-order chi connectivity index (χ0) is 46.3. The number of ether oxygens (including phenoxy) is 8. The number of carbonyl (C=O) groups is 2. The molecule has 0 bridgehead atoms. The molecule has 0 fully saturated rings. The zero-order valence-electron chi connectivity index (χ0n) is 36.5. The third-order valence-electron chi connectivity index (χ3n) is 12.4. The highest BCUT2D eigenvalue weighted by Crippen LogP contribution is 2.50. The fourth-order valence-corrected chi connectivity index (χ4v) is 9.06. The van der Waals surface area contributed by atoms with Crippen LogP contribution in [0.1, 0.15) is 54.1 Å². The molecule has 0 aromatic heterocycles. The lowest BCUT2D eigenvalue weighted by Gasteiger charge is -2.41. The summed E-state index contributed by atoms with van der Waals surface area (Å²) in [5, 5.41) is 22.9. The van der Waals surface area contributed by atoms with Crippen molar-refractivity contribution in [2.75, 3.05) is 34.9 Å². The molecule has 0 spiro atoms. The first-order chi connectivity index (χ1) is 32.7. The molecule has 14 nitrogen and oxygen atoms in total. The molecule has 0 saturated carbocycles. The molecular formula is C53H40N4O10. The number of fused-ring (bicyclic) bond motifs is 4. The summed E-state index contributed by atoms with van der Waals surface area (Å²) < 4.78 is 47.3. The van der Waals surface area contributed by atoms with Crippen LogP contribution in [0, 0.1) is 22.7 Å². The smallest absolute Gasteiger partial charge is 0.259 e. The SMILES string of the molecule is COc1cc(CC2(C#N)c3cc4c(cc3C=CN2C(=O)c2ccccc2)OCO4)c(Oc2cc(CC3(C#N)c4cc5c(cc4C=CN3C(=O)c3ccccc3)OCO5)ccc2OC)cc1OC. The van der Waals surface area contributed by atoms with Gasteiger partial charge in [0.25, 0.3) is 11.8 Å². The van der Waals surface area contributed by atoms with Crippen LogP contribution in [0.3, 0.4) is 0 Å². The van der Waals surface area contributed by atoms with Gasteiger partial charge in [0.1, 0.15) is 5.75 Å². The predicted molar refractivity (Wildman–Crippen MR) is 243 cm³/mol. The summed E-state index contributed by atoms with van der Waals surface area (Å²) >= 11 is 0. The molecule has 4 heterocycles. The maximum atomic E-state index is 14.5. The topological polar surface area (TPSA) is 162 Å². The van der Waals surface area contributed by atoms with Crippen molar-refractivity contribution in [3.05, 3.63) is 172 Å². The second-order valence-electron chi connectivity index (χ2n) is 16.0. The van der Waals surface area contributed by atoms with Gasteiger partial charge in [-0.3, -0.25) is 19.4 Å². The molecule has 4 aliphatic heterocycles. The van der Waals surface area contributed by atoms with E-state index < -0.39 is 17.0 Å². The second-order valence-corrected chi connectivity index (χ2v) is 16.0. The molecule has 332 valence electrons. The molecule has 4 aliphatic rings. The molecule has 2 unspecified atom stereocenters. The third kappa shape index (κ3) is 7.12. The molecular weight excluding hydrogens is 853 g/mol. The molecule has 2 amide bonds. The van der Waals surface area contributed by atoms with Gasteiger partial charge in [-0.25, -0.2) is 0 Å². The van der Waals surface area contributed by atoms with Gasteiger partial charge in [-0.05, 0) is 95.6 Å². The van der Waals surface area contributed by atoms with E-state index in [9.17, 15) is 20.1 Å². The Balaban J connectivity index is 1.09. The second kappa shape index (κ2) is 16.9. The Morgan fingerprint density at radius 2 is 1.03 bits per heavy atom. The first kappa shape index (κ1) is 42.1. The Labute approximate surface area is 385 Å². The molecule has 2 atom stereocenters. The number of rotatable bonds is 11. The van der Waals surface area contributed by atoms with Gasteiger partial charge in [0.2, 0.25) is 13.6 Å². The quantitative estimate of drug-likeness (QED) is 0.121. The normalized spacial score (nSPS) is 18.0. The first-order valence-corrected chi connectivity index (χ1v) is 21.2. The van der Waals surface area contributed by atoms with Crippen molar-refractivity contribution in [1.29, 1.82) is 10.5 Å². The summed E-state index contributed by atoms with van der Waals surface area (Å²) in [4.78, 5) is 31.8. The van der Waals surface area contributed by atoms with E-state index in [1.165, 1.54) is 31.1 Å². The summed E-state index contributed by atoms with van der Waals surface area (Å²) in [7, 11) is 4.51. The summed E-state index contributed by atoms with van der Waals surface area (Å²) in [6.07, 6.45) is 6.69. The molecule has 0 saturated heterocycles. The molecule has 6 aromatic carbocycles. The van der Waals surface area contributed by atoms with Crippen molar-refractivity contribution in [3.8, 4) is 63.9 Å². The number of hydrogen-bond donors (Lipinski definition) is 0. The van der Waals surface area contributed by atoms with Crippen molar-refractivity contribution in [1.82, 2.24) is 9.80 Å². The summed E-state index contributed by atoms with van der Waals surface area (Å²) in [5.74, 6) is 2.68. The van der Waals surface area contributed by atoms with E-state index in [1.807, 2.05) is 24.3 Å². The minimum Gasteiger partial charge on any atom is -0.493 e. The third-order valence-corrected chi connectivity index (χ3v) is 12.4. The zero-order valence-corrected chi connectivity index (χ0v) is 36.5. The van der Waals surface area contributed by atoms with E-state index in [2.05, 4.69) is 12.1 Å². The lowest BCUT2D eigenvalue weighted by atomic mass is 9.78. The Bertz CT molecular complexity index is 3120. The minimum atomic E-state index is -1.67.